The van der Waals surface area contributed by atoms with E-state index in [0.29, 0.717) is 31.6 Å². The summed E-state index contributed by atoms with van der Waals surface area (Å²) < 4.78 is 56.8. The average Bonchev–Trinajstić information content (AvgIpc) is 2.56. The minimum absolute atomic E-state index is 0.0466. The highest BCUT2D eigenvalue weighted by molar-refractivity contribution is 7.90. The second-order valence-electron chi connectivity index (χ2n) is 5.94. The average molecular weight is 404 g/mol. The van der Waals surface area contributed by atoms with Crippen molar-refractivity contribution in [3.05, 3.63) is 46.9 Å². The molecule has 1 aromatic heterocycles. The first-order valence-electron chi connectivity index (χ1n) is 7.82. The largest absolute Gasteiger partial charge is 0.377 e. The van der Waals surface area contributed by atoms with Crippen LogP contribution in [0.15, 0.2) is 29.2 Å². The Bertz CT molecular complexity index is 927. The van der Waals surface area contributed by atoms with Gasteiger partial charge < -0.3 is 9.64 Å². The number of hydrogen-bond donors (Lipinski definition) is 0. The number of halogens is 3. The standard InChI is InChI=1S/C16H16ClF2N3O3S/c1-10-8-25-5-4-22(10)15-6-11(20-16(17)21-15)9-26(23,24)12-2-3-13(18)14(19)7-12/h2-3,6-7,10H,4-5,8-9H2,1H3/t10-/m0/s1. The minimum Gasteiger partial charge on any atom is -0.377 e. The monoisotopic (exact) mass is 403 g/mol. The Morgan fingerprint density at radius 2 is 2.04 bits per heavy atom. The van der Waals surface area contributed by atoms with Crippen molar-refractivity contribution >= 4 is 27.3 Å². The molecule has 0 aliphatic carbocycles. The molecule has 0 spiro atoms. The molecule has 140 valence electrons. The maximum absolute atomic E-state index is 13.4. The number of hydrogen-bond acceptors (Lipinski definition) is 6. The molecule has 1 aliphatic heterocycles. The minimum atomic E-state index is -3.93. The first-order chi connectivity index (χ1) is 12.3. The zero-order valence-corrected chi connectivity index (χ0v) is 15.4. The number of aromatic nitrogens is 2. The lowest BCUT2D eigenvalue weighted by Crippen LogP contribution is -2.44. The van der Waals surface area contributed by atoms with Gasteiger partial charge in [-0.2, -0.15) is 0 Å². The summed E-state index contributed by atoms with van der Waals surface area (Å²) in [6, 6.07) is 4.02. The van der Waals surface area contributed by atoms with Crippen LogP contribution < -0.4 is 4.90 Å². The normalized spacial score (nSPS) is 18.2. The SMILES string of the molecule is C[C@H]1COCCN1c1cc(CS(=O)(=O)c2ccc(F)c(F)c2)nc(Cl)n1. The zero-order valence-electron chi connectivity index (χ0n) is 13.8. The van der Waals surface area contributed by atoms with Crippen LogP contribution in [0, 0.1) is 11.6 Å². The highest BCUT2D eigenvalue weighted by atomic mass is 35.5. The van der Waals surface area contributed by atoms with Crippen LogP contribution in [0.1, 0.15) is 12.6 Å². The van der Waals surface area contributed by atoms with Crippen molar-refractivity contribution in [2.75, 3.05) is 24.7 Å². The van der Waals surface area contributed by atoms with Crippen LogP contribution in [0.5, 0.6) is 0 Å². The van der Waals surface area contributed by atoms with E-state index in [-0.39, 0.29) is 21.9 Å². The van der Waals surface area contributed by atoms with E-state index >= 15 is 0 Å². The molecule has 1 fully saturated rings. The highest BCUT2D eigenvalue weighted by Gasteiger charge is 2.23. The molecule has 6 nitrogen and oxygen atoms in total. The Labute approximate surface area is 154 Å². The summed E-state index contributed by atoms with van der Waals surface area (Å²) in [6.45, 7) is 3.58. The van der Waals surface area contributed by atoms with Crippen molar-refractivity contribution < 1.29 is 21.9 Å². The first-order valence-corrected chi connectivity index (χ1v) is 9.85. The van der Waals surface area contributed by atoms with Crippen LogP contribution in [0.2, 0.25) is 5.28 Å². The molecular formula is C16H16ClF2N3O3S. The second-order valence-corrected chi connectivity index (χ2v) is 8.27. The van der Waals surface area contributed by atoms with E-state index in [2.05, 4.69) is 9.97 Å². The van der Waals surface area contributed by atoms with Crippen molar-refractivity contribution in [3.63, 3.8) is 0 Å². The summed E-state index contributed by atoms with van der Waals surface area (Å²) in [5.74, 6) is -2.35. The molecule has 0 amide bonds. The predicted molar refractivity (Wildman–Crippen MR) is 91.9 cm³/mol. The number of rotatable bonds is 4. The molecule has 1 aromatic carbocycles. The maximum atomic E-state index is 13.4. The smallest absolute Gasteiger partial charge is 0.224 e. The Morgan fingerprint density at radius 3 is 2.73 bits per heavy atom. The predicted octanol–water partition coefficient (Wildman–Crippen LogP) is 2.61. The molecule has 26 heavy (non-hydrogen) atoms. The van der Waals surface area contributed by atoms with Crippen LogP contribution >= 0.6 is 11.6 Å². The van der Waals surface area contributed by atoms with E-state index in [9.17, 15) is 17.2 Å². The van der Waals surface area contributed by atoms with Gasteiger partial charge in [-0.25, -0.2) is 27.2 Å². The Morgan fingerprint density at radius 1 is 1.27 bits per heavy atom. The number of sulfone groups is 1. The number of nitrogens with zero attached hydrogens (tertiary/aromatic N) is 3. The maximum Gasteiger partial charge on any atom is 0.224 e. The Balaban J connectivity index is 1.90. The lowest BCUT2D eigenvalue weighted by molar-refractivity contribution is 0.0985. The third kappa shape index (κ3) is 4.11. The van der Waals surface area contributed by atoms with Crippen LogP contribution in [0.3, 0.4) is 0 Å². The van der Waals surface area contributed by atoms with Gasteiger partial charge in [0.05, 0.1) is 35.6 Å². The number of ether oxygens (including phenoxy) is 1. The van der Waals surface area contributed by atoms with Gasteiger partial charge in [0.2, 0.25) is 5.28 Å². The highest BCUT2D eigenvalue weighted by Crippen LogP contribution is 2.23. The van der Waals surface area contributed by atoms with Crippen molar-refractivity contribution in [2.24, 2.45) is 0 Å². The van der Waals surface area contributed by atoms with E-state index in [0.717, 1.165) is 12.1 Å². The molecular weight excluding hydrogens is 388 g/mol. The van der Waals surface area contributed by atoms with Crippen LogP contribution in [0.25, 0.3) is 0 Å². The Kier molecular flexibility index (Phi) is 5.40. The molecule has 1 saturated heterocycles. The van der Waals surface area contributed by atoms with Gasteiger partial charge in [0.1, 0.15) is 5.82 Å². The molecule has 10 heteroatoms. The number of morpholine rings is 1. The lowest BCUT2D eigenvalue weighted by atomic mass is 10.2. The van der Waals surface area contributed by atoms with Crippen molar-refractivity contribution in [3.8, 4) is 0 Å². The fourth-order valence-corrected chi connectivity index (χ4v) is 4.15. The number of anilines is 1. The zero-order chi connectivity index (χ0) is 18.9. The second kappa shape index (κ2) is 7.42. The fraction of sp³-hybridized carbons (Fsp3) is 0.375. The molecule has 0 bridgehead atoms. The summed E-state index contributed by atoms with van der Waals surface area (Å²) in [5.41, 5.74) is 0.170. The Hall–Kier alpha value is -1.84. The summed E-state index contributed by atoms with van der Waals surface area (Å²) in [4.78, 5) is 9.73. The van der Waals surface area contributed by atoms with Crippen molar-refractivity contribution in [1.82, 2.24) is 9.97 Å². The van der Waals surface area contributed by atoms with Crippen LogP contribution in [-0.4, -0.2) is 44.2 Å². The first kappa shape index (κ1) is 18.9. The molecule has 1 atom stereocenters. The topological polar surface area (TPSA) is 72.4 Å². The summed E-state index contributed by atoms with van der Waals surface area (Å²) in [6.07, 6.45) is 0. The molecule has 2 aromatic rings. The fourth-order valence-electron chi connectivity index (χ4n) is 2.69. The van der Waals surface area contributed by atoms with Gasteiger partial charge in [-0.05, 0) is 36.7 Å². The molecule has 0 saturated carbocycles. The quantitative estimate of drug-likeness (QED) is 0.577. The van der Waals surface area contributed by atoms with E-state index in [1.807, 2.05) is 11.8 Å². The molecule has 1 aliphatic rings. The molecule has 3 rings (SSSR count). The third-order valence-corrected chi connectivity index (χ3v) is 5.81. The van der Waals surface area contributed by atoms with Gasteiger partial charge in [0, 0.05) is 12.6 Å². The van der Waals surface area contributed by atoms with E-state index in [1.54, 1.807) is 0 Å². The molecule has 0 radical (unpaired) electrons. The molecule has 2 heterocycles. The van der Waals surface area contributed by atoms with E-state index < -0.39 is 27.2 Å². The van der Waals surface area contributed by atoms with Crippen molar-refractivity contribution in [1.29, 1.82) is 0 Å². The van der Waals surface area contributed by atoms with Gasteiger partial charge in [-0.1, -0.05) is 0 Å². The van der Waals surface area contributed by atoms with Crippen LogP contribution in [0.4, 0.5) is 14.6 Å². The number of benzene rings is 1. The van der Waals surface area contributed by atoms with Gasteiger partial charge >= 0.3 is 0 Å². The van der Waals surface area contributed by atoms with Gasteiger partial charge in [-0.3, -0.25) is 0 Å². The summed E-state index contributed by atoms with van der Waals surface area (Å²) in [5, 5.41) is -0.0864. The van der Waals surface area contributed by atoms with Gasteiger partial charge in [0.25, 0.3) is 0 Å². The van der Waals surface area contributed by atoms with Gasteiger partial charge in [0.15, 0.2) is 21.5 Å². The lowest BCUT2D eigenvalue weighted by Gasteiger charge is -2.34. The summed E-state index contributed by atoms with van der Waals surface area (Å²) in [7, 11) is -3.93. The third-order valence-electron chi connectivity index (χ3n) is 3.99. The van der Waals surface area contributed by atoms with Crippen LogP contribution in [-0.2, 0) is 20.3 Å². The molecule has 0 unspecified atom stereocenters. The van der Waals surface area contributed by atoms with Gasteiger partial charge in [-0.15, -0.1) is 0 Å². The van der Waals surface area contributed by atoms with E-state index in [4.69, 9.17) is 16.3 Å². The van der Waals surface area contributed by atoms with E-state index in [1.165, 1.54) is 6.07 Å². The molecule has 0 N–H and O–H groups in total. The summed E-state index contributed by atoms with van der Waals surface area (Å²) >= 11 is 5.95. The van der Waals surface area contributed by atoms with Crippen molar-refractivity contribution in [2.45, 2.75) is 23.6 Å².